The van der Waals surface area contributed by atoms with E-state index in [2.05, 4.69) is 48.1 Å². The molecule has 1 saturated carbocycles. The van der Waals surface area contributed by atoms with E-state index in [1.807, 2.05) is 29.3 Å². The molecule has 9 heteroatoms. The number of nitrogens with zero attached hydrogens (tertiary/aromatic N) is 6. The first-order valence-corrected chi connectivity index (χ1v) is 13.2. The van der Waals surface area contributed by atoms with Gasteiger partial charge in [0.25, 0.3) is 0 Å². The second-order valence-electron chi connectivity index (χ2n) is 10.3. The number of amides is 1. The standard InChI is InChI=1S/C28H36N8O/c1-17(2)31-25(20-9-10-20)26-24(29)27(34-28(33-26)36-13-11-35(12-14-36)19(4)37)32-18(3)22-15-21-7-5-6-8-23(21)30-16-22/h5-8,15-18,20H,9-14,29H2,1-4H3,(H,32,33,34)/t18-/m1/s1. The number of carbonyl (C=O) groups is 1. The summed E-state index contributed by atoms with van der Waals surface area (Å²) in [6, 6.07) is 10.3. The zero-order valence-corrected chi connectivity index (χ0v) is 22.1. The van der Waals surface area contributed by atoms with E-state index in [1.54, 1.807) is 6.92 Å². The van der Waals surface area contributed by atoms with E-state index in [9.17, 15) is 4.79 Å². The average molecular weight is 501 g/mol. The van der Waals surface area contributed by atoms with E-state index in [0.29, 0.717) is 49.6 Å². The molecule has 1 aromatic carbocycles. The molecule has 2 aliphatic rings. The van der Waals surface area contributed by atoms with Crippen molar-refractivity contribution < 1.29 is 4.79 Å². The molecular formula is C28H36N8O. The van der Waals surface area contributed by atoms with E-state index in [4.69, 9.17) is 20.7 Å². The molecule has 1 saturated heterocycles. The first kappa shape index (κ1) is 24.9. The summed E-state index contributed by atoms with van der Waals surface area (Å²) in [5.41, 5.74) is 11.0. The normalized spacial score (nSPS) is 17.4. The predicted octanol–water partition coefficient (Wildman–Crippen LogP) is 4.06. The summed E-state index contributed by atoms with van der Waals surface area (Å²) < 4.78 is 0. The van der Waals surface area contributed by atoms with Gasteiger partial charge in [-0.25, -0.2) is 4.98 Å². The lowest BCUT2D eigenvalue weighted by atomic mass is 10.1. The van der Waals surface area contributed by atoms with Crippen LogP contribution in [0, 0.1) is 5.92 Å². The van der Waals surface area contributed by atoms with E-state index in [1.165, 1.54) is 0 Å². The van der Waals surface area contributed by atoms with E-state index in [0.717, 1.165) is 40.7 Å². The summed E-state index contributed by atoms with van der Waals surface area (Å²) in [6.45, 7) is 10.5. The van der Waals surface area contributed by atoms with Crippen LogP contribution < -0.4 is 16.0 Å². The van der Waals surface area contributed by atoms with Crippen molar-refractivity contribution >= 4 is 40.0 Å². The number of nitrogen functional groups attached to an aromatic ring is 1. The summed E-state index contributed by atoms with van der Waals surface area (Å²) in [7, 11) is 0. The van der Waals surface area contributed by atoms with Gasteiger partial charge in [0, 0.05) is 56.6 Å². The Hall–Kier alpha value is -3.75. The van der Waals surface area contributed by atoms with Gasteiger partial charge in [0.2, 0.25) is 11.9 Å². The fraction of sp³-hybridized carbons (Fsp3) is 0.464. The lowest BCUT2D eigenvalue weighted by Gasteiger charge is -2.34. The lowest BCUT2D eigenvalue weighted by molar-refractivity contribution is -0.129. The molecule has 3 heterocycles. The van der Waals surface area contributed by atoms with Crippen molar-refractivity contribution in [3.63, 3.8) is 0 Å². The Bertz CT molecular complexity index is 1330. The van der Waals surface area contributed by atoms with Crippen molar-refractivity contribution in [1.82, 2.24) is 19.9 Å². The molecule has 0 bridgehead atoms. The Kier molecular flexibility index (Phi) is 6.95. The number of rotatable bonds is 7. The predicted molar refractivity (Wildman–Crippen MR) is 149 cm³/mol. The van der Waals surface area contributed by atoms with E-state index < -0.39 is 0 Å². The minimum absolute atomic E-state index is 0.0732. The summed E-state index contributed by atoms with van der Waals surface area (Å²) in [6.07, 6.45) is 4.10. The molecule has 1 amide bonds. The molecule has 2 aromatic heterocycles. The quantitative estimate of drug-likeness (QED) is 0.471. The number of hydrogen-bond acceptors (Lipinski definition) is 8. The number of carbonyl (C=O) groups excluding carboxylic acids is 1. The number of anilines is 3. The summed E-state index contributed by atoms with van der Waals surface area (Å²) in [5.74, 6) is 1.71. The maximum Gasteiger partial charge on any atom is 0.228 e. The Morgan fingerprint density at radius 1 is 1.11 bits per heavy atom. The van der Waals surface area contributed by atoms with Gasteiger partial charge in [-0.15, -0.1) is 0 Å². The van der Waals surface area contributed by atoms with Gasteiger partial charge in [0.1, 0.15) is 11.4 Å². The maximum atomic E-state index is 11.8. The van der Waals surface area contributed by atoms with Gasteiger partial charge in [0.05, 0.1) is 17.3 Å². The SMILES string of the molecule is CC(=O)N1CCN(c2nc(N[C@H](C)c3cnc4ccccc4c3)c(N)c(C(=NC(C)C)C3CC3)n2)CC1. The van der Waals surface area contributed by atoms with Gasteiger partial charge in [-0.3, -0.25) is 14.8 Å². The number of fused-ring (bicyclic) bond motifs is 1. The third-order valence-electron chi connectivity index (χ3n) is 7.01. The maximum absolute atomic E-state index is 11.8. The monoisotopic (exact) mass is 500 g/mol. The van der Waals surface area contributed by atoms with E-state index >= 15 is 0 Å². The number of nitrogens with two attached hydrogens (primary N) is 1. The van der Waals surface area contributed by atoms with Crippen molar-refractivity contribution in [2.45, 2.75) is 52.6 Å². The number of aliphatic imine (C=N–C) groups is 1. The fourth-order valence-corrected chi connectivity index (χ4v) is 4.73. The summed E-state index contributed by atoms with van der Waals surface area (Å²) in [4.78, 5) is 35.3. The van der Waals surface area contributed by atoms with Crippen LogP contribution in [0.4, 0.5) is 17.5 Å². The van der Waals surface area contributed by atoms with Crippen LogP contribution in [0.1, 0.15) is 57.8 Å². The molecule has 37 heavy (non-hydrogen) atoms. The zero-order chi connectivity index (χ0) is 26.1. The number of pyridine rings is 1. The highest BCUT2D eigenvalue weighted by molar-refractivity contribution is 6.07. The fourth-order valence-electron chi connectivity index (χ4n) is 4.73. The highest BCUT2D eigenvalue weighted by Gasteiger charge is 2.33. The molecule has 9 nitrogen and oxygen atoms in total. The van der Waals surface area contributed by atoms with Crippen LogP contribution in [0.15, 0.2) is 41.5 Å². The van der Waals surface area contributed by atoms with Crippen molar-refractivity contribution in [3.8, 4) is 0 Å². The van der Waals surface area contributed by atoms with Crippen LogP contribution in [-0.4, -0.2) is 63.7 Å². The molecule has 2 fully saturated rings. The smallest absolute Gasteiger partial charge is 0.228 e. The van der Waals surface area contributed by atoms with Crippen molar-refractivity contribution in [2.24, 2.45) is 10.9 Å². The number of hydrogen-bond donors (Lipinski definition) is 2. The molecular weight excluding hydrogens is 464 g/mol. The number of para-hydroxylation sites is 1. The Labute approximate surface area is 218 Å². The Morgan fingerprint density at radius 3 is 2.51 bits per heavy atom. The molecule has 194 valence electrons. The van der Waals surface area contributed by atoms with Crippen molar-refractivity contribution in [3.05, 3.63) is 47.8 Å². The Morgan fingerprint density at radius 2 is 1.84 bits per heavy atom. The second kappa shape index (κ2) is 10.3. The van der Waals surface area contributed by atoms with E-state index in [-0.39, 0.29) is 18.0 Å². The van der Waals surface area contributed by atoms with Crippen LogP contribution >= 0.6 is 0 Å². The highest BCUT2D eigenvalue weighted by Crippen LogP contribution is 2.37. The van der Waals surface area contributed by atoms with Gasteiger partial charge >= 0.3 is 0 Å². The molecule has 3 aromatic rings. The molecule has 0 unspecified atom stereocenters. The summed E-state index contributed by atoms with van der Waals surface area (Å²) in [5, 5.41) is 4.64. The molecule has 1 aliphatic carbocycles. The van der Waals surface area contributed by atoms with Gasteiger partial charge in [-0.05, 0) is 51.3 Å². The molecule has 1 atom stereocenters. The second-order valence-corrected chi connectivity index (χ2v) is 10.3. The first-order valence-electron chi connectivity index (χ1n) is 13.2. The van der Waals surface area contributed by atoms with Crippen LogP contribution in [-0.2, 0) is 4.79 Å². The van der Waals surface area contributed by atoms with Gasteiger partial charge in [0.15, 0.2) is 5.82 Å². The van der Waals surface area contributed by atoms with Crippen LogP contribution in [0.5, 0.6) is 0 Å². The average Bonchev–Trinajstić information content (AvgIpc) is 3.74. The molecule has 3 N–H and O–H groups in total. The Balaban J connectivity index is 1.50. The van der Waals surface area contributed by atoms with Crippen LogP contribution in [0.25, 0.3) is 10.9 Å². The number of nitrogens with one attached hydrogen (secondary N) is 1. The molecule has 0 spiro atoms. The number of benzene rings is 1. The number of piperazine rings is 1. The first-order chi connectivity index (χ1) is 17.8. The van der Waals surface area contributed by atoms with Gasteiger partial charge in [-0.1, -0.05) is 18.2 Å². The van der Waals surface area contributed by atoms with Crippen molar-refractivity contribution in [1.29, 1.82) is 0 Å². The minimum Gasteiger partial charge on any atom is -0.394 e. The minimum atomic E-state index is -0.0732. The van der Waals surface area contributed by atoms with Crippen molar-refractivity contribution in [2.75, 3.05) is 42.1 Å². The summed E-state index contributed by atoms with van der Waals surface area (Å²) >= 11 is 0. The highest BCUT2D eigenvalue weighted by atomic mass is 16.2. The largest absolute Gasteiger partial charge is 0.394 e. The topological polar surface area (TPSA) is 113 Å². The zero-order valence-electron chi connectivity index (χ0n) is 22.1. The molecule has 5 rings (SSSR count). The third kappa shape index (κ3) is 5.50. The van der Waals surface area contributed by atoms with Gasteiger partial charge in [-0.2, -0.15) is 4.98 Å². The number of aromatic nitrogens is 3. The molecule has 1 aliphatic heterocycles. The third-order valence-corrected chi connectivity index (χ3v) is 7.01. The van der Waals surface area contributed by atoms with Gasteiger partial charge < -0.3 is 20.9 Å². The lowest BCUT2D eigenvalue weighted by Crippen LogP contribution is -2.48. The van der Waals surface area contributed by atoms with Crippen LogP contribution in [0.2, 0.25) is 0 Å². The van der Waals surface area contributed by atoms with Crippen LogP contribution in [0.3, 0.4) is 0 Å². The molecule has 0 radical (unpaired) electrons.